The normalized spacial score (nSPS) is 11.5. The lowest BCUT2D eigenvalue weighted by Gasteiger charge is -2.16. The quantitative estimate of drug-likeness (QED) is 0.602. The van der Waals surface area contributed by atoms with Crippen molar-refractivity contribution in [1.29, 1.82) is 0 Å². The zero-order valence-electron chi connectivity index (χ0n) is 15.5. The number of carboxylic acids is 1. The van der Waals surface area contributed by atoms with Crippen molar-refractivity contribution in [2.45, 2.75) is 19.9 Å². The standard InChI is InChI=1S/C21H20N4O3/c1-13-5-3-7-16(9-13)20(26)24-17-8-4-6-15(10-17)14(2)23-19-12-22-11-18(25-19)21(27)28/h3-12,14H,1-2H3,(H,23,25)(H,24,26)(H,27,28). The third-order valence-corrected chi connectivity index (χ3v) is 4.14. The molecule has 0 fully saturated rings. The molecule has 1 aromatic heterocycles. The van der Waals surface area contributed by atoms with E-state index in [0.29, 0.717) is 17.1 Å². The van der Waals surface area contributed by atoms with Crippen molar-refractivity contribution in [2.75, 3.05) is 10.6 Å². The average molecular weight is 376 g/mol. The summed E-state index contributed by atoms with van der Waals surface area (Å²) >= 11 is 0. The van der Waals surface area contributed by atoms with Crippen LogP contribution in [0.3, 0.4) is 0 Å². The van der Waals surface area contributed by atoms with E-state index in [1.165, 1.54) is 12.4 Å². The van der Waals surface area contributed by atoms with E-state index in [2.05, 4.69) is 20.6 Å². The number of nitrogens with one attached hydrogen (secondary N) is 2. The van der Waals surface area contributed by atoms with Gasteiger partial charge in [0.15, 0.2) is 5.69 Å². The lowest BCUT2D eigenvalue weighted by atomic mass is 10.1. The number of aromatic carboxylic acids is 1. The number of carbonyl (C=O) groups excluding carboxylic acids is 1. The van der Waals surface area contributed by atoms with Crippen molar-refractivity contribution in [3.63, 3.8) is 0 Å². The molecule has 0 spiro atoms. The first kappa shape index (κ1) is 19.0. The minimum atomic E-state index is -1.13. The summed E-state index contributed by atoms with van der Waals surface area (Å²) in [5.74, 6) is -0.951. The Morgan fingerprint density at radius 1 is 1.07 bits per heavy atom. The molecule has 0 bridgehead atoms. The first-order chi connectivity index (χ1) is 13.4. The fourth-order valence-electron chi connectivity index (χ4n) is 2.72. The molecule has 0 aliphatic carbocycles. The van der Waals surface area contributed by atoms with Crippen molar-refractivity contribution in [1.82, 2.24) is 9.97 Å². The van der Waals surface area contributed by atoms with Gasteiger partial charge in [-0.05, 0) is 43.7 Å². The van der Waals surface area contributed by atoms with Crippen LogP contribution in [0.15, 0.2) is 60.9 Å². The number of carboxylic acid groups (broad SMARTS) is 1. The van der Waals surface area contributed by atoms with Gasteiger partial charge in [0.25, 0.3) is 5.91 Å². The molecule has 7 nitrogen and oxygen atoms in total. The number of nitrogens with zero attached hydrogens (tertiary/aromatic N) is 2. The number of hydrogen-bond acceptors (Lipinski definition) is 5. The topological polar surface area (TPSA) is 104 Å². The molecule has 1 atom stereocenters. The number of rotatable bonds is 6. The van der Waals surface area contributed by atoms with Gasteiger partial charge in [-0.15, -0.1) is 0 Å². The SMILES string of the molecule is Cc1cccc(C(=O)Nc2cccc(C(C)Nc3cncc(C(=O)O)n3)c2)c1. The monoisotopic (exact) mass is 376 g/mol. The number of anilines is 2. The van der Waals surface area contributed by atoms with Crippen molar-refractivity contribution in [3.8, 4) is 0 Å². The number of aromatic nitrogens is 2. The second-order valence-corrected chi connectivity index (χ2v) is 6.41. The first-order valence-electron chi connectivity index (χ1n) is 8.72. The van der Waals surface area contributed by atoms with Crippen LogP contribution in [-0.4, -0.2) is 27.0 Å². The van der Waals surface area contributed by atoms with E-state index in [4.69, 9.17) is 5.11 Å². The number of benzene rings is 2. The summed E-state index contributed by atoms with van der Waals surface area (Å²) in [6, 6.07) is 14.6. The molecule has 2 aromatic carbocycles. The van der Waals surface area contributed by atoms with Crippen molar-refractivity contribution >= 4 is 23.4 Å². The van der Waals surface area contributed by atoms with Crippen LogP contribution in [0.25, 0.3) is 0 Å². The van der Waals surface area contributed by atoms with Crippen LogP contribution in [0, 0.1) is 6.92 Å². The van der Waals surface area contributed by atoms with Crippen LogP contribution in [0.1, 0.15) is 44.9 Å². The highest BCUT2D eigenvalue weighted by molar-refractivity contribution is 6.04. The van der Waals surface area contributed by atoms with E-state index in [1.54, 1.807) is 6.07 Å². The summed E-state index contributed by atoms with van der Waals surface area (Å²) in [6.07, 6.45) is 2.66. The van der Waals surface area contributed by atoms with Crippen LogP contribution in [0.2, 0.25) is 0 Å². The molecule has 142 valence electrons. The molecule has 1 unspecified atom stereocenters. The van der Waals surface area contributed by atoms with E-state index >= 15 is 0 Å². The fourth-order valence-corrected chi connectivity index (χ4v) is 2.72. The van der Waals surface area contributed by atoms with E-state index < -0.39 is 5.97 Å². The molecule has 3 aromatic rings. The van der Waals surface area contributed by atoms with Crippen molar-refractivity contribution < 1.29 is 14.7 Å². The number of aryl methyl sites for hydroxylation is 1. The number of carbonyl (C=O) groups is 2. The molecule has 0 aliphatic heterocycles. The van der Waals surface area contributed by atoms with Gasteiger partial charge < -0.3 is 15.7 Å². The summed E-state index contributed by atoms with van der Waals surface area (Å²) in [7, 11) is 0. The van der Waals surface area contributed by atoms with Gasteiger partial charge in [0.05, 0.1) is 18.4 Å². The number of amides is 1. The third-order valence-electron chi connectivity index (χ3n) is 4.14. The predicted molar refractivity (Wildman–Crippen MR) is 107 cm³/mol. The Labute approximate surface area is 162 Å². The summed E-state index contributed by atoms with van der Waals surface area (Å²) in [5, 5.41) is 15.0. The largest absolute Gasteiger partial charge is 0.476 e. The van der Waals surface area contributed by atoms with Gasteiger partial charge in [0, 0.05) is 11.3 Å². The molecule has 0 radical (unpaired) electrons. The second-order valence-electron chi connectivity index (χ2n) is 6.41. The van der Waals surface area contributed by atoms with Crippen LogP contribution >= 0.6 is 0 Å². The van der Waals surface area contributed by atoms with Crippen LogP contribution in [-0.2, 0) is 0 Å². The molecule has 1 amide bonds. The Morgan fingerprint density at radius 3 is 2.61 bits per heavy atom. The van der Waals surface area contributed by atoms with Crippen molar-refractivity contribution in [2.24, 2.45) is 0 Å². The fraction of sp³-hybridized carbons (Fsp3) is 0.143. The minimum absolute atomic E-state index is 0.128. The Morgan fingerprint density at radius 2 is 1.86 bits per heavy atom. The first-order valence-corrected chi connectivity index (χ1v) is 8.72. The highest BCUT2D eigenvalue weighted by atomic mass is 16.4. The lowest BCUT2D eigenvalue weighted by Crippen LogP contribution is -2.13. The molecule has 3 rings (SSSR count). The summed E-state index contributed by atoms with van der Waals surface area (Å²) < 4.78 is 0. The Bertz CT molecular complexity index is 1020. The smallest absolute Gasteiger partial charge is 0.356 e. The average Bonchev–Trinajstić information content (AvgIpc) is 2.68. The second kappa shape index (κ2) is 8.30. The molecular formula is C21H20N4O3. The Kier molecular flexibility index (Phi) is 5.64. The van der Waals surface area contributed by atoms with Crippen LogP contribution < -0.4 is 10.6 Å². The maximum atomic E-state index is 12.4. The third kappa shape index (κ3) is 4.70. The zero-order valence-corrected chi connectivity index (χ0v) is 15.5. The summed E-state index contributed by atoms with van der Waals surface area (Å²) in [4.78, 5) is 31.4. The van der Waals surface area contributed by atoms with Gasteiger partial charge >= 0.3 is 5.97 Å². The molecular weight excluding hydrogens is 356 g/mol. The lowest BCUT2D eigenvalue weighted by molar-refractivity contribution is 0.0690. The van der Waals surface area contributed by atoms with E-state index in [9.17, 15) is 9.59 Å². The predicted octanol–water partition coefficient (Wildman–Crippen LogP) is 3.91. The van der Waals surface area contributed by atoms with Gasteiger partial charge in [0.1, 0.15) is 5.82 Å². The zero-order chi connectivity index (χ0) is 20.1. The van der Waals surface area contributed by atoms with E-state index in [-0.39, 0.29) is 17.6 Å². The maximum absolute atomic E-state index is 12.4. The minimum Gasteiger partial charge on any atom is -0.476 e. The Hall–Kier alpha value is -3.74. The van der Waals surface area contributed by atoms with Gasteiger partial charge in [-0.1, -0.05) is 29.8 Å². The van der Waals surface area contributed by atoms with Gasteiger partial charge in [-0.3, -0.25) is 9.78 Å². The van der Waals surface area contributed by atoms with Crippen LogP contribution in [0.4, 0.5) is 11.5 Å². The molecule has 0 saturated heterocycles. The van der Waals surface area contributed by atoms with Gasteiger partial charge in [-0.2, -0.15) is 0 Å². The number of hydrogen-bond donors (Lipinski definition) is 3. The molecule has 28 heavy (non-hydrogen) atoms. The summed E-state index contributed by atoms with van der Waals surface area (Å²) in [5.41, 5.74) is 3.06. The highest BCUT2D eigenvalue weighted by Crippen LogP contribution is 2.21. The molecule has 1 heterocycles. The molecule has 3 N–H and O–H groups in total. The van der Waals surface area contributed by atoms with Gasteiger partial charge in [0.2, 0.25) is 0 Å². The van der Waals surface area contributed by atoms with Crippen LogP contribution in [0.5, 0.6) is 0 Å². The molecule has 7 heteroatoms. The molecule has 0 saturated carbocycles. The maximum Gasteiger partial charge on any atom is 0.356 e. The summed E-state index contributed by atoms with van der Waals surface area (Å²) in [6.45, 7) is 3.85. The van der Waals surface area contributed by atoms with E-state index in [1.807, 2.05) is 56.3 Å². The Balaban J connectivity index is 1.72. The highest BCUT2D eigenvalue weighted by Gasteiger charge is 2.11. The van der Waals surface area contributed by atoms with E-state index in [0.717, 1.165) is 11.1 Å². The van der Waals surface area contributed by atoms with Crippen molar-refractivity contribution in [3.05, 3.63) is 83.3 Å². The van der Waals surface area contributed by atoms with Gasteiger partial charge in [-0.25, -0.2) is 9.78 Å². The molecule has 0 aliphatic rings.